The Morgan fingerprint density at radius 3 is 2.59 bits per heavy atom. The van der Waals surface area contributed by atoms with E-state index >= 15 is 0 Å². The number of nitrogens with zero attached hydrogens (tertiary/aromatic N) is 1. The van der Waals surface area contributed by atoms with Crippen molar-refractivity contribution in [1.29, 1.82) is 0 Å². The summed E-state index contributed by atoms with van der Waals surface area (Å²) in [6.07, 6.45) is 1.00. The van der Waals surface area contributed by atoms with Crippen molar-refractivity contribution >= 4 is 17.3 Å². The zero-order valence-corrected chi connectivity index (χ0v) is 13.5. The van der Waals surface area contributed by atoms with Gasteiger partial charge < -0.3 is 15.4 Å². The molecule has 0 amide bonds. The van der Waals surface area contributed by atoms with Crippen LogP contribution in [0.4, 0.5) is 5.69 Å². The molecule has 2 aromatic carbocycles. The van der Waals surface area contributed by atoms with Gasteiger partial charge in [-0.1, -0.05) is 29.8 Å². The van der Waals surface area contributed by atoms with E-state index in [2.05, 4.69) is 23.1 Å². The first kappa shape index (κ1) is 15.2. The van der Waals surface area contributed by atoms with Crippen LogP contribution in [0.25, 0.3) is 0 Å². The maximum Gasteiger partial charge on any atom is 0.118 e. The summed E-state index contributed by atoms with van der Waals surface area (Å²) in [4.78, 5) is 2.33. The van der Waals surface area contributed by atoms with E-state index in [0.717, 1.165) is 36.0 Å². The normalized spacial score (nSPS) is 21.7. The number of nitrogens with two attached hydrogens (primary N) is 1. The molecule has 2 N–H and O–H groups in total. The van der Waals surface area contributed by atoms with Crippen molar-refractivity contribution in [3.63, 3.8) is 0 Å². The molecule has 0 aromatic heterocycles. The molecule has 0 radical (unpaired) electrons. The summed E-state index contributed by atoms with van der Waals surface area (Å²) < 4.78 is 5.23. The molecule has 0 spiro atoms. The molecule has 3 nitrogen and oxygen atoms in total. The summed E-state index contributed by atoms with van der Waals surface area (Å²) in [6.45, 7) is 1.83. The topological polar surface area (TPSA) is 38.5 Å². The third kappa shape index (κ3) is 3.37. The predicted octanol–water partition coefficient (Wildman–Crippen LogP) is 3.67. The fourth-order valence-corrected chi connectivity index (χ4v) is 3.32. The average Bonchev–Trinajstić information content (AvgIpc) is 2.54. The molecular weight excluding hydrogens is 296 g/mol. The SMILES string of the molecule is COc1ccc(C2CC(N)CN(c3cccc(Cl)c3)C2)cc1. The van der Waals surface area contributed by atoms with Crippen LogP contribution in [0.2, 0.25) is 5.02 Å². The molecular formula is C18H21ClN2O. The molecule has 0 aliphatic carbocycles. The van der Waals surface area contributed by atoms with Crippen molar-refractivity contribution < 1.29 is 4.74 Å². The van der Waals surface area contributed by atoms with Gasteiger partial charge in [-0.05, 0) is 42.3 Å². The summed E-state index contributed by atoms with van der Waals surface area (Å²) in [7, 11) is 1.69. The maximum atomic E-state index is 6.28. The van der Waals surface area contributed by atoms with Gasteiger partial charge in [0.2, 0.25) is 0 Å². The van der Waals surface area contributed by atoms with E-state index < -0.39 is 0 Å². The monoisotopic (exact) mass is 316 g/mol. The maximum absolute atomic E-state index is 6.28. The van der Waals surface area contributed by atoms with Crippen LogP contribution in [-0.4, -0.2) is 26.2 Å². The second-order valence-electron chi connectivity index (χ2n) is 5.85. The average molecular weight is 317 g/mol. The molecule has 22 heavy (non-hydrogen) atoms. The lowest BCUT2D eigenvalue weighted by Crippen LogP contribution is -2.46. The van der Waals surface area contributed by atoms with Crippen molar-refractivity contribution in [2.24, 2.45) is 5.73 Å². The van der Waals surface area contributed by atoms with Gasteiger partial charge in [-0.25, -0.2) is 0 Å². The van der Waals surface area contributed by atoms with E-state index in [1.165, 1.54) is 5.56 Å². The van der Waals surface area contributed by atoms with Gasteiger partial charge in [-0.3, -0.25) is 0 Å². The van der Waals surface area contributed by atoms with Crippen molar-refractivity contribution in [1.82, 2.24) is 0 Å². The van der Waals surface area contributed by atoms with Gasteiger partial charge in [0.25, 0.3) is 0 Å². The lowest BCUT2D eigenvalue weighted by Gasteiger charge is -2.38. The number of methoxy groups -OCH3 is 1. The highest BCUT2D eigenvalue weighted by atomic mass is 35.5. The number of rotatable bonds is 3. The molecule has 0 bridgehead atoms. The van der Waals surface area contributed by atoms with Crippen LogP contribution < -0.4 is 15.4 Å². The lowest BCUT2D eigenvalue weighted by molar-refractivity contribution is 0.413. The van der Waals surface area contributed by atoms with E-state index in [0.29, 0.717) is 5.92 Å². The summed E-state index contributed by atoms with van der Waals surface area (Å²) in [6, 6.07) is 16.4. The van der Waals surface area contributed by atoms with Crippen LogP contribution in [-0.2, 0) is 0 Å². The Kier molecular flexibility index (Phi) is 4.55. The number of benzene rings is 2. The highest BCUT2D eigenvalue weighted by molar-refractivity contribution is 6.30. The first-order valence-corrected chi connectivity index (χ1v) is 7.93. The van der Waals surface area contributed by atoms with Gasteiger partial charge in [-0.15, -0.1) is 0 Å². The Labute approximate surface area is 136 Å². The van der Waals surface area contributed by atoms with E-state index in [1.807, 2.05) is 30.3 Å². The number of hydrogen-bond donors (Lipinski definition) is 1. The smallest absolute Gasteiger partial charge is 0.118 e. The minimum atomic E-state index is 0.167. The molecule has 2 unspecified atom stereocenters. The number of halogens is 1. The Morgan fingerprint density at radius 1 is 1.14 bits per heavy atom. The summed E-state index contributed by atoms with van der Waals surface area (Å²) in [5, 5.41) is 0.762. The van der Waals surface area contributed by atoms with E-state index in [-0.39, 0.29) is 6.04 Å². The van der Waals surface area contributed by atoms with Gasteiger partial charge in [0.1, 0.15) is 5.75 Å². The molecule has 1 heterocycles. The predicted molar refractivity (Wildman–Crippen MR) is 92.0 cm³/mol. The molecule has 1 aliphatic rings. The van der Waals surface area contributed by atoms with Crippen LogP contribution in [0.5, 0.6) is 5.75 Å². The van der Waals surface area contributed by atoms with Crippen molar-refractivity contribution in [3.05, 3.63) is 59.1 Å². The number of anilines is 1. The molecule has 0 saturated carbocycles. The highest BCUT2D eigenvalue weighted by Crippen LogP contribution is 2.31. The molecule has 1 saturated heterocycles. The van der Waals surface area contributed by atoms with Gasteiger partial charge in [0.05, 0.1) is 7.11 Å². The van der Waals surface area contributed by atoms with Crippen LogP contribution in [0.15, 0.2) is 48.5 Å². The summed E-state index contributed by atoms with van der Waals surface area (Å²) >= 11 is 6.12. The quantitative estimate of drug-likeness (QED) is 0.939. The number of piperidine rings is 1. The van der Waals surface area contributed by atoms with Gasteiger partial charge in [0, 0.05) is 35.8 Å². The zero-order valence-electron chi connectivity index (χ0n) is 12.7. The Bertz CT molecular complexity index is 629. The van der Waals surface area contributed by atoms with Crippen LogP contribution in [0, 0.1) is 0 Å². The molecule has 2 aromatic rings. The molecule has 4 heteroatoms. The van der Waals surface area contributed by atoms with E-state index in [4.69, 9.17) is 22.1 Å². The summed E-state index contributed by atoms with van der Waals surface area (Å²) in [5.74, 6) is 1.31. The standard InChI is InChI=1S/C18H21ClN2O/c1-22-18-7-5-13(6-8-18)14-9-16(20)12-21(11-14)17-4-2-3-15(19)10-17/h2-8,10,14,16H,9,11-12,20H2,1H3. The van der Waals surface area contributed by atoms with E-state index in [9.17, 15) is 0 Å². The fraction of sp³-hybridized carbons (Fsp3) is 0.333. The Morgan fingerprint density at radius 2 is 1.91 bits per heavy atom. The minimum absolute atomic E-state index is 0.167. The Balaban J connectivity index is 1.80. The second kappa shape index (κ2) is 6.59. The third-order valence-corrected chi connectivity index (χ3v) is 4.48. The van der Waals surface area contributed by atoms with Crippen molar-refractivity contribution in [3.8, 4) is 5.75 Å². The van der Waals surface area contributed by atoms with Gasteiger partial charge in [-0.2, -0.15) is 0 Å². The van der Waals surface area contributed by atoms with Gasteiger partial charge >= 0.3 is 0 Å². The largest absolute Gasteiger partial charge is 0.497 e. The molecule has 1 aliphatic heterocycles. The number of hydrogen-bond acceptors (Lipinski definition) is 3. The fourth-order valence-electron chi connectivity index (χ4n) is 3.14. The highest BCUT2D eigenvalue weighted by Gasteiger charge is 2.26. The second-order valence-corrected chi connectivity index (χ2v) is 6.29. The number of ether oxygens (including phenoxy) is 1. The van der Waals surface area contributed by atoms with Crippen molar-refractivity contribution in [2.75, 3.05) is 25.1 Å². The summed E-state index contributed by atoms with van der Waals surface area (Å²) in [5.41, 5.74) is 8.73. The molecule has 116 valence electrons. The minimum Gasteiger partial charge on any atom is -0.497 e. The van der Waals surface area contributed by atoms with E-state index in [1.54, 1.807) is 7.11 Å². The molecule has 1 fully saturated rings. The zero-order chi connectivity index (χ0) is 15.5. The van der Waals surface area contributed by atoms with Crippen LogP contribution in [0.1, 0.15) is 17.9 Å². The van der Waals surface area contributed by atoms with Crippen LogP contribution in [0.3, 0.4) is 0 Å². The van der Waals surface area contributed by atoms with Crippen LogP contribution >= 0.6 is 11.6 Å². The third-order valence-electron chi connectivity index (χ3n) is 4.24. The molecule has 2 atom stereocenters. The van der Waals surface area contributed by atoms with Crippen molar-refractivity contribution in [2.45, 2.75) is 18.4 Å². The first-order valence-electron chi connectivity index (χ1n) is 7.56. The Hall–Kier alpha value is -1.71. The lowest BCUT2D eigenvalue weighted by atomic mass is 9.88. The molecule has 3 rings (SSSR count). The van der Waals surface area contributed by atoms with Gasteiger partial charge in [0.15, 0.2) is 0 Å². The first-order chi connectivity index (χ1) is 10.7.